The summed E-state index contributed by atoms with van der Waals surface area (Å²) in [6.07, 6.45) is 6.02. The van der Waals surface area contributed by atoms with Gasteiger partial charge >= 0.3 is 12.0 Å². The van der Waals surface area contributed by atoms with Gasteiger partial charge in [0.05, 0.1) is 18.2 Å². The summed E-state index contributed by atoms with van der Waals surface area (Å²) in [6.45, 7) is 5.81. The number of carbonyl (C=O) groups excluding carboxylic acids is 2. The number of urea groups is 1. The Bertz CT molecular complexity index is 739. The molecular weight excluding hydrogens is 366 g/mol. The lowest BCUT2D eigenvalue weighted by Gasteiger charge is -2.27. The van der Waals surface area contributed by atoms with Gasteiger partial charge in [0.25, 0.3) is 0 Å². The molecule has 0 bridgehead atoms. The molecule has 0 radical (unpaired) electrons. The fraction of sp³-hybridized carbons (Fsp3) is 0.667. The van der Waals surface area contributed by atoms with Crippen molar-refractivity contribution in [2.75, 3.05) is 12.4 Å². The van der Waals surface area contributed by atoms with E-state index in [1.807, 2.05) is 6.92 Å². The lowest BCUT2D eigenvalue weighted by molar-refractivity contribution is -0.138. The van der Waals surface area contributed by atoms with Gasteiger partial charge in [-0.15, -0.1) is 10.2 Å². The molecule has 1 unspecified atom stereocenters. The van der Waals surface area contributed by atoms with E-state index in [1.165, 1.54) is 31.0 Å². The molecule has 2 N–H and O–H groups in total. The minimum Gasteiger partial charge on any atom is -0.463 e. The minimum atomic E-state index is -0.405. The number of esters is 1. The van der Waals surface area contributed by atoms with Crippen LogP contribution in [-0.2, 0) is 9.53 Å². The van der Waals surface area contributed by atoms with Crippen LogP contribution in [0.1, 0.15) is 57.8 Å². The Labute approximate surface area is 163 Å². The van der Waals surface area contributed by atoms with Crippen LogP contribution in [0.15, 0.2) is 16.4 Å². The standard InChI is InChI=1S/C18H27N5O3S/c1-4-26-16(24)15-11(2)19-17(25)20-14(15)10-27-18-22-21-12(3)23(18)13-8-6-5-7-9-13/h11,13H,4-10H2,1-3H3,(H2,19,20,25). The second kappa shape index (κ2) is 8.77. The highest BCUT2D eigenvalue weighted by molar-refractivity contribution is 7.99. The summed E-state index contributed by atoms with van der Waals surface area (Å²) in [6, 6.07) is -0.279. The first-order chi connectivity index (χ1) is 13.0. The van der Waals surface area contributed by atoms with Crippen LogP contribution in [0, 0.1) is 6.92 Å². The molecular formula is C18H27N5O3S. The molecule has 3 rings (SSSR count). The summed E-state index contributed by atoms with van der Waals surface area (Å²) in [5.74, 6) is 0.932. The van der Waals surface area contributed by atoms with E-state index in [9.17, 15) is 9.59 Å². The molecule has 9 heteroatoms. The second-order valence-corrected chi connectivity index (χ2v) is 7.86. The highest BCUT2D eigenvalue weighted by Crippen LogP contribution is 2.33. The summed E-state index contributed by atoms with van der Waals surface area (Å²) in [7, 11) is 0. The van der Waals surface area contributed by atoms with Gasteiger partial charge in [-0.1, -0.05) is 31.0 Å². The molecule has 1 saturated carbocycles. The molecule has 8 nitrogen and oxygen atoms in total. The van der Waals surface area contributed by atoms with E-state index in [1.54, 1.807) is 13.8 Å². The van der Waals surface area contributed by atoms with Crippen LogP contribution in [0.3, 0.4) is 0 Å². The number of nitrogens with zero attached hydrogens (tertiary/aromatic N) is 3. The maximum absolute atomic E-state index is 12.3. The number of hydrogen-bond acceptors (Lipinski definition) is 6. The molecule has 27 heavy (non-hydrogen) atoms. The average molecular weight is 394 g/mol. The van der Waals surface area contributed by atoms with Crippen molar-refractivity contribution >= 4 is 23.8 Å². The number of thioether (sulfide) groups is 1. The molecule has 2 amide bonds. The van der Waals surface area contributed by atoms with E-state index < -0.39 is 12.0 Å². The maximum Gasteiger partial charge on any atom is 0.337 e. The fourth-order valence-electron chi connectivity index (χ4n) is 3.74. The van der Waals surface area contributed by atoms with E-state index in [-0.39, 0.29) is 6.03 Å². The van der Waals surface area contributed by atoms with Gasteiger partial charge in [-0.2, -0.15) is 0 Å². The predicted molar refractivity (Wildman–Crippen MR) is 102 cm³/mol. The van der Waals surface area contributed by atoms with Crippen molar-refractivity contribution in [2.45, 2.75) is 70.1 Å². The van der Waals surface area contributed by atoms with Crippen molar-refractivity contribution in [3.8, 4) is 0 Å². The summed E-state index contributed by atoms with van der Waals surface area (Å²) in [5, 5.41) is 14.9. The van der Waals surface area contributed by atoms with Gasteiger partial charge in [-0.05, 0) is 33.6 Å². The lowest BCUT2D eigenvalue weighted by Crippen LogP contribution is -2.49. The third-order valence-electron chi connectivity index (χ3n) is 4.99. The van der Waals surface area contributed by atoms with Gasteiger partial charge in [-0.3, -0.25) is 0 Å². The van der Waals surface area contributed by atoms with Gasteiger partial charge in [0.15, 0.2) is 5.16 Å². The topological polar surface area (TPSA) is 98.1 Å². The summed E-state index contributed by atoms with van der Waals surface area (Å²) in [5.41, 5.74) is 1.04. The summed E-state index contributed by atoms with van der Waals surface area (Å²) >= 11 is 1.49. The van der Waals surface area contributed by atoms with Crippen molar-refractivity contribution < 1.29 is 14.3 Å². The second-order valence-electron chi connectivity index (χ2n) is 6.91. The van der Waals surface area contributed by atoms with Crippen LogP contribution in [0.2, 0.25) is 0 Å². The fourth-order valence-corrected chi connectivity index (χ4v) is 4.76. The van der Waals surface area contributed by atoms with Gasteiger partial charge in [0, 0.05) is 17.5 Å². The molecule has 148 valence electrons. The molecule has 0 spiro atoms. The van der Waals surface area contributed by atoms with Crippen molar-refractivity contribution in [2.24, 2.45) is 0 Å². The first-order valence-corrected chi connectivity index (χ1v) is 10.5. The highest BCUT2D eigenvalue weighted by Gasteiger charge is 2.30. The van der Waals surface area contributed by atoms with E-state index >= 15 is 0 Å². The molecule has 1 atom stereocenters. The van der Waals surface area contributed by atoms with E-state index in [4.69, 9.17) is 4.74 Å². The molecule has 1 aliphatic heterocycles. The largest absolute Gasteiger partial charge is 0.463 e. The molecule has 2 aliphatic rings. The Hall–Kier alpha value is -2.03. The van der Waals surface area contributed by atoms with Crippen molar-refractivity contribution in [3.05, 3.63) is 17.1 Å². The van der Waals surface area contributed by atoms with Crippen LogP contribution < -0.4 is 10.6 Å². The Morgan fingerprint density at radius 1 is 1.30 bits per heavy atom. The third-order valence-corrected chi connectivity index (χ3v) is 5.96. The summed E-state index contributed by atoms with van der Waals surface area (Å²) < 4.78 is 7.37. The van der Waals surface area contributed by atoms with Crippen LogP contribution >= 0.6 is 11.8 Å². The predicted octanol–water partition coefficient (Wildman–Crippen LogP) is 2.70. The highest BCUT2D eigenvalue weighted by atomic mass is 32.2. The quantitative estimate of drug-likeness (QED) is 0.570. The van der Waals surface area contributed by atoms with Crippen LogP contribution in [0.5, 0.6) is 0 Å². The van der Waals surface area contributed by atoms with Gasteiger partial charge < -0.3 is 19.9 Å². The molecule has 1 aromatic heterocycles. The average Bonchev–Trinajstić information content (AvgIpc) is 3.01. The normalized spacial score (nSPS) is 21.0. The Kier molecular flexibility index (Phi) is 6.41. The number of aromatic nitrogens is 3. The van der Waals surface area contributed by atoms with E-state index in [0.29, 0.717) is 29.7 Å². The van der Waals surface area contributed by atoms with Crippen molar-refractivity contribution in [1.82, 2.24) is 25.4 Å². The first-order valence-electron chi connectivity index (χ1n) is 9.53. The maximum atomic E-state index is 12.3. The monoisotopic (exact) mass is 393 g/mol. The number of aryl methyl sites for hydroxylation is 1. The number of carbonyl (C=O) groups is 2. The SMILES string of the molecule is CCOC(=O)C1=C(CSc2nnc(C)n2C2CCCCC2)NC(=O)NC1C. The van der Waals surface area contributed by atoms with E-state index in [2.05, 4.69) is 25.4 Å². The zero-order valence-electron chi connectivity index (χ0n) is 16.1. The third kappa shape index (κ3) is 4.45. The molecule has 0 aromatic carbocycles. The Morgan fingerprint density at radius 3 is 2.74 bits per heavy atom. The van der Waals surface area contributed by atoms with Gasteiger partial charge in [0.2, 0.25) is 0 Å². The summed E-state index contributed by atoms with van der Waals surface area (Å²) in [4.78, 5) is 24.2. The first kappa shape index (κ1) is 19.7. The number of nitrogens with one attached hydrogen (secondary N) is 2. The van der Waals surface area contributed by atoms with Crippen molar-refractivity contribution in [3.63, 3.8) is 0 Å². The molecule has 0 saturated heterocycles. The van der Waals surface area contributed by atoms with Gasteiger partial charge in [-0.25, -0.2) is 9.59 Å². The van der Waals surface area contributed by atoms with Gasteiger partial charge in [0.1, 0.15) is 5.82 Å². The zero-order valence-corrected chi connectivity index (χ0v) is 16.9. The minimum absolute atomic E-state index is 0.290. The Morgan fingerprint density at radius 2 is 2.04 bits per heavy atom. The molecule has 2 heterocycles. The molecule has 1 aromatic rings. The van der Waals surface area contributed by atoms with Crippen molar-refractivity contribution in [1.29, 1.82) is 0 Å². The number of hydrogen-bond donors (Lipinski definition) is 2. The van der Waals surface area contributed by atoms with Crippen LogP contribution in [0.4, 0.5) is 4.79 Å². The number of rotatable bonds is 6. The number of ether oxygens (including phenoxy) is 1. The van der Waals surface area contributed by atoms with E-state index in [0.717, 1.165) is 23.8 Å². The lowest BCUT2D eigenvalue weighted by atomic mass is 9.95. The smallest absolute Gasteiger partial charge is 0.337 e. The molecule has 1 fully saturated rings. The number of amides is 2. The zero-order chi connectivity index (χ0) is 19.4. The Balaban J connectivity index is 1.80. The van der Waals surface area contributed by atoms with Crippen LogP contribution in [-0.4, -0.2) is 45.2 Å². The van der Waals surface area contributed by atoms with Crippen LogP contribution in [0.25, 0.3) is 0 Å². The molecule has 1 aliphatic carbocycles.